The second kappa shape index (κ2) is 5.86. The van der Waals surface area contributed by atoms with E-state index in [0.29, 0.717) is 12.4 Å². The highest BCUT2D eigenvalue weighted by Crippen LogP contribution is 2.21. The van der Waals surface area contributed by atoms with E-state index in [-0.39, 0.29) is 5.96 Å². The van der Waals surface area contributed by atoms with Crippen molar-refractivity contribution in [1.29, 1.82) is 5.41 Å². The zero-order valence-electron chi connectivity index (χ0n) is 10.7. The second-order valence-electron chi connectivity index (χ2n) is 3.97. The lowest BCUT2D eigenvalue weighted by Gasteiger charge is -2.22. The van der Waals surface area contributed by atoms with Crippen LogP contribution in [0.4, 0.5) is 5.82 Å². The van der Waals surface area contributed by atoms with Gasteiger partial charge in [-0.05, 0) is 18.2 Å². The fourth-order valence-electron chi connectivity index (χ4n) is 1.81. The van der Waals surface area contributed by atoms with Crippen LogP contribution in [0.3, 0.4) is 0 Å². The molecule has 0 unspecified atom stereocenters. The summed E-state index contributed by atoms with van der Waals surface area (Å²) >= 11 is 0. The fraction of sp³-hybridized carbons (Fsp3) is 0.143. The lowest BCUT2D eigenvalue weighted by molar-refractivity contribution is 0.410. The number of benzene rings is 1. The number of nitrogens with one attached hydrogen (secondary N) is 1. The van der Waals surface area contributed by atoms with Crippen LogP contribution in [0.5, 0.6) is 5.75 Å². The van der Waals surface area contributed by atoms with Crippen LogP contribution in [0, 0.1) is 5.41 Å². The van der Waals surface area contributed by atoms with Crippen molar-refractivity contribution in [1.82, 2.24) is 4.98 Å². The van der Waals surface area contributed by atoms with E-state index in [1.165, 1.54) is 0 Å². The molecule has 5 nitrogen and oxygen atoms in total. The lowest BCUT2D eigenvalue weighted by Crippen LogP contribution is -2.36. The number of hydrogen-bond donors (Lipinski definition) is 2. The molecule has 5 heteroatoms. The van der Waals surface area contributed by atoms with E-state index in [9.17, 15) is 0 Å². The molecule has 0 aliphatic carbocycles. The SMILES string of the molecule is COc1ccccc1CN(C(=N)N)c1ccccn1. The average molecular weight is 256 g/mol. The van der Waals surface area contributed by atoms with E-state index in [4.69, 9.17) is 15.9 Å². The van der Waals surface area contributed by atoms with Crippen LogP contribution in [0.1, 0.15) is 5.56 Å². The van der Waals surface area contributed by atoms with Gasteiger partial charge in [-0.1, -0.05) is 24.3 Å². The highest BCUT2D eigenvalue weighted by atomic mass is 16.5. The Bertz CT molecular complexity index is 556. The largest absolute Gasteiger partial charge is 0.496 e. The van der Waals surface area contributed by atoms with Gasteiger partial charge in [0.1, 0.15) is 11.6 Å². The van der Waals surface area contributed by atoms with Gasteiger partial charge in [-0.3, -0.25) is 10.3 Å². The number of rotatable bonds is 4. The molecule has 0 saturated carbocycles. The number of hydrogen-bond acceptors (Lipinski definition) is 3. The minimum Gasteiger partial charge on any atom is -0.496 e. The summed E-state index contributed by atoms with van der Waals surface area (Å²) in [5.74, 6) is 1.36. The monoisotopic (exact) mass is 256 g/mol. The smallest absolute Gasteiger partial charge is 0.194 e. The summed E-state index contributed by atoms with van der Waals surface area (Å²) in [4.78, 5) is 5.84. The first-order valence-corrected chi connectivity index (χ1v) is 5.87. The first-order chi connectivity index (χ1) is 9.22. The Morgan fingerprint density at radius 2 is 2.00 bits per heavy atom. The van der Waals surface area contributed by atoms with E-state index in [1.54, 1.807) is 18.2 Å². The molecule has 2 aromatic rings. The van der Waals surface area contributed by atoms with Gasteiger partial charge in [0.25, 0.3) is 0 Å². The minimum absolute atomic E-state index is 0.0513. The van der Waals surface area contributed by atoms with Gasteiger partial charge in [0.15, 0.2) is 5.96 Å². The first kappa shape index (κ1) is 12.9. The van der Waals surface area contributed by atoms with Gasteiger partial charge in [-0.2, -0.15) is 0 Å². The Kier molecular flexibility index (Phi) is 3.97. The zero-order valence-corrected chi connectivity index (χ0v) is 10.7. The second-order valence-corrected chi connectivity index (χ2v) is 3.97. The number of pyridine rings is 1. The van der Waals surface area contributed by atoms with Crippen LogP contribution in [-0.2, 0) is 6.54 Å². The highest BCUT2D eigenvalue weighted by molar-refractivity contribution is 5.91. The summed E-state index contributed by atoms with van der Waals surface area (Å²) in [6.07, 6.45) is 1.67. The first-order valence-electron chi connectivity index (χ1n) is 5.87. The standard InChI is InChI=1S/C14H16N4O/c1-19-12-7-3-2-6-11(12)10-18(14(15)16)13-8-4-5-9-17-13/h2-9H,10H2,1H3,(H3,15,16). The van der Waals surface area contributed by atoms with Gasteiger partial charge in [-0.25, -0.2) is 4.98 Å². The van der Waals surface area contributed by atoms with Crippen LogP contribution in [0.25, 0.3) is 0 Å². The Balaban J connectivity index is 2.30. The summed E-state index contributed by atoms with van der Waals surface area (Å²) < 4.78 is 5.30. The molecule has 0 aliphatic heterocycles. The molecule has 0 atom stereocenters. The Hall–Kier alpha value is -2.56. The number of anilines is 1. The summed E-state index contributed by atoms with van der Waals surface area (Å²) in [7, 11) is 1.62. The van der Waals surface area contributed by atoms with Gasteiger partial charge in [0, 0.05) is 11.8 Å². The topological polar surface area (TPSA) is 75.2 Å². The van der Waals surface area contributed by atoms with Crippen LogP contribution in [0.15, 0.2) is 48.7 Å². The van der Waals surface area contributed by atoms with Gasteiger partial charge < -0.3 is 10.5 Å². The normalized spacial score (nSPS) is 9.95. The third-order valence-electron chi connectivity index (χ3n) is 2.74. The van der Waals surface area contributed by atoms with E-state index in [0.717, 1.165) is 11.3 Å². The van der Waals surface area contributed by atoms with Gasteiger partial charge >= 0.3 is 0 Å². The van der Waals surface area contributed by atoms with Crippen molar-refractivity contribution < 1.29 is 4.74 Å². The van der Waals surface area contributed by atoms with Crippen molar-refractivity contribution in [3.63, 3.8) is 0 Å². The molecule has 0 fully saturated rings. The Morgan fingerprint density at radius 3 is 2.63 bits per heavy atom. The maximum Gasteiger partial charge on any atom is 0.194 e. The number of nitrogens with zero attached hydrogens (tertiary/aromatic N) is 2. The number of methoxy groups -OCH3 is 1. The van der Waals surface area contributed by atoms with Crippen molar-refractivity contribution >= 4 is 11.8 Å². The number of guanidine groups is 1. The molecule has 3 N–H and O–H groups in total. The van der Waals surface area contributed by atoms with Crippen molar-refractivity contribution in [2.24, 2.45) is 5.73 Å². The molecule has 0 spiro atoms. The molecule has 0 radical (unpaired) electrons. The summed E-state index contributed by atoms with van der Waals surface area (Å²) in [5.41, 5.74) is 6.59. The molecule has 1 aromatic carbocycles. The van der Waals surface area contributed by atoms with E-state index in [1.807, 2.05) is 42.5 Å². The van der Waals surface area contributed by atoms with Gasteiger partial charge in [0.2, 0.25) is 0 Å². The molecule has 0 amide bonds. The van der Waals surface area contributed by atoms with Crippen molar-refractivity contribution in [2.45, 2.75) is 6.54 Å². The van der Waals surface area contributed by atoms with Crippen LogP contribution < -0.4 is 15.4 Å². The van der Waals surface area contributed by atoms with E-state index in [2.05, 4.69) is 4.98 Å². The molecule has 0 saturated heterocycles. The molecule has 2 rings (SSSR count). The summed E-state index contributed by atoms with van der Waals surface area (Å²) in [6.45, 7) is 0.441. The maximum atomic E-state index is 7.69. The molecule has 98 valence electrons. The van der Waals surface area contributed by atoms with E-state index >= 15 is 0 Å². The molecule has 1 aromatic heterocycles. The molecule has 19 heavy (non-hydrogen) atoms. The number of para-hydroxylation sites is 1. The molecular weight excluding hydrogens is 240 g/mol. The highest BCUT2D eigenvalue weighted by Gasteiger charge is 2.13. The van der Waals surface area contributed by atoms with Crippen molar-refractivity contribution in [2.75, 3.05) is 12.0 Å². The molecule has 1 heterocycles. The van der Waals surface area contributed by atoms with Crippen LogP contribution in [0.2, 0.25) is 0 Å². The van der Waals surface area contributed by atoms with Gasteiger partial charge in [-0.15, -0.1) is 0 Å². The lowest BCUT2D eigenvalue weighted by atomic mass is 10.2. The quantitative estimate of drug-likeness (QED) is 0.648. The Morgan fingerprint density at radius 1 is 1.26 bits per heavy atom. The molecular formula is C14H16N4O. The Labute approximate surface area is 112 Å². The fourth-order valence-corrected chi connectivity index (χ4v) is 1.81. The van der Waals surface area contributed by atoms with Crippen LogP contribution >= 0.6 is 0 Å². The predicted molar refractivity (Wildman–Crippen MR) is 75.3 cm³/mol. The number of aromatic nitrogens is 1. The third kappa shape index (κ3) is 3.01. The minimum atomic E-state index is -0.0513. The number of nitrogens with two attached hydrogens (primary N) is 1. The molecule has 0 aliphatic rings. The predicted octanol–water partition coefficient (Wildman–Crippen LogP) is 1.99. The van der Waals surface area contributed by atoms with Gasteiger partial charge in [0.05, 0.1) is 13.7 Å². The average Bonchev–Trinajstić information content (AvgIpc) is 2.45. The van der Waals surface area contributed by atoms with Crippen molar-refractivity contribution in [3.8, 4) is 5.75 Å². The van der Waals surface area contributed by atoms with Crippen molar-refractivity contribution in [3.05, 3.63) is 54.2 Å². The van der Waals surface area contributed by atoms with Crippen LogP contribution in [-0.4, -0.2) is 18.1 Å². The number of ether oxygens (including phenoxy) is 1. The summed E-state index contributed by atoms with van der Waals surface area (Å²) in [6, 6.07) is 13.2. The maximum absolute atomic E-state index is 7.69. The van der Waals surface area contributed by atoms with E-state index < -0.39 is 0 Å². The molecule has 0 bridgehead atoms. The third-order valence-corrected chi connectivity index (χ3v) is 2.74. The summed E-state index contributed by atoms with van der Waals surface area (Å²) in [5, 5.41) is 7.69. The zero-order chi connectivity index (χ0) is 13.7.